The molecule has 0 aliphatic carbocycles. The van der Waals surface area contributed by atoms with Crippen LogP contribution in [0.4, 0.5) is 5.82 Å². The summed E-state index contributed by atoms with van der Waals surface area (Å²) in [5.41, 5.74) is 1.92. The normalized spacial score (nSPS) is 15.5. The average Bonchev–Trinajstić information content (AvgIpc) is 2.75. The maximum absolute atomic E-state index is 12.8. The van der Waals surface area contributed by atoms with E-state index in [4.69, 9.17) is 0 Å². The van der Waals surface area contributed by atoms with Gasteiger partial charge in [0, 0.05) is 37.8 Å². The Balaban J connectivity index is 1.52. The molecule has 7 heteroatoms. The summed E-state index contributed by atoms with van der Waals surface area (Å²) in [7, 11) is -3.45. The third-order valence-electron chi connectivity index (χ3n) is 4.84. The molecule has 1 saturated heterocycles. The van der Waals surface area contributed by atoms with Gasteiger partial charge in [-0.25, -0.2) is 18.4 Å². The van der Waals surface area contributed by atoms with Gasteiger partial charge in [0.25, 0.3) is 0 Å². The largest absolute Gasteiger partial charge is 0.354 e. The number of anilines is 1. The average molecular weight is 395 g/mol. The molecule has 0 spiro atoms. The Kier molecular flexibility index (Phi) is 5.11. The Bertz CT molecular complexity index is 1050. The van der Waals surface area contributed by atoms with Crippen molar-refractivity contribution in [2.45, 2.75) is 11.8 Å². The molecule has 0 bridgehead atoms. The lowest BCUT2D eigenvalue weighted by molar-refractivity contribution is 0.383. The fraction of sp³-hybridized carbons (Fsp3) is 0.238. The van der Waals surface area contributed by atoms with Gasteiger partial charge in [-0.2, -0.15) is 4.31 Å². The minimum atomic E-state index is -3.45. The summed E-state index contributed by atoms with van der Waals surface area (Å²) < 4.78 is 27.2. The van der Waals surface area contributed by atoms with Crippen LogP contribution in [0.3, 0.4) is 0 Å². The molecule has 144 valence electrons. The smallest absolute Gasteiger partial charge is 0.243 e. The van der Waals surface area contributed by atoms with Gasteiger partial charge in [0.1, 0.15) is 11.6 Å². The molecule has 0 atom stereocenters. The molecule has 1 aliphatic rings. The van der Waals surface area contributed by atoms with Gasteiger partial charge in [0.05, 0.1) is 10.6 Å². The summed E-state index contributed by atoms with van der Waals surface area (Å²) in [5, 5.41) is 0. The zero-order valence-electron chi connectivity index (χ0n) is 15.7. The van der Waals surface area contributed by atoms with Gasteiger partial charge in [-0.3, -0.25) is 0 Å². The van der Waals surface area contributed by atoms with Crippen LogP contribution in [0.5, 0.6) is 0 Å². The molecule has 0 amide bonds. The van der Waals surface area contributed by atoms with Crippen molar-refractivity contribution in [3.05, 3.63) is 72.6 Å². The van der Waals surface area contributed by atoms with E-state index in [1.165, 1.54) is 0 Å². The summed E-state index contributed by atoms with van der Waals surface area (Å²) in [4.78, 5) is 11.6. The van der Waals surface area contributed by atoms with E-state index in [1.807, 2.05) is 49.4 Å². The predicted octanol–water partition coefficient (Wildman–Crippen LogP) is 2.96. The molecule has 1 fully saturated rings. The number of rotatable bonds is 4. The van der Waals surface area contributed by atoms with Gasteiger partial charge in [0.15, 0.2) is 0 Å². The van der Waals surface area contributed by atoms with Crippen LogP contribution in [-0.2, 0) is 10.0 Å². The lowest BCUT2D eigenvalue weighted by Gasteiger charge is -2.34. The van der Waals surface area contributed by atoms with Crippen molar-refractivity contribution in [2.75, 3.05) is 31.1 Å². The van der Waals surface area contributed by atoms with Crippen LogP contribution >= 0.6 is 0 Å². The molecule has 2 aromatic carbocycles. The molecule has 0 radical (unpaired) electrons. The Morgan fingerprint density at radius 2 is 1.43 bits per heavy atom. The highest BCUT2D eigenvalue weighted by Crippen LogP contribution is 2.24. The fourth-order valence-electron chi connectivity index (χ4n) is 3.37. The number of hydrogen-bond acceptors (Lipinski definition) is 5. The Labute approximate surface area is 165 Å². The third kappa shape index (κ3) is 3.76. The van der Waals surface area contributed by atoms with Crippen LogP contribution in [0.15, 0.2) is 71.6 Å². The van der Waals surface area contributed by atoms with E-state index >= 15 is 0 Å². The van der Waals surface area contributed by atoms with Crippen LogP contribution in [0, 0.1) is 6.92 Å². The van der Waals surface area contributed by atoms with Gasteiger partial charge in [-0.1, -0.05) is 48.5 Å². The van der Waals surface area contributed by atoms with Crippen LogP contribution in [0.1, 0.15) is 5.82 Å². The molecule has 2 heterocycles. The second-order valence-corrected chi connectivity index (χ2v) is 8.67. The molecule has 0 N–H and O–H groups in total. The second kappa shape index (κ2) is 7.69. The monoisotopic (exact) mass is 394 g/mol. The molecule has 4 rings (SSSR count). The predicted molar refractivity (Wildman–Crippen MR) is 110 cm³/mol. The SMILES string of the molecule is Cc1nc(-c2ccccc2)cc(N2CCN(S(=O)(=O)c3ccccc3)CC2)n1. The molecule has 1 aliphatic heterocycles. The molecular formula is C21H22N4O2S. The fourth-order valence-corrected chi connectivity index (χ4v) is 4.81. The highest BCUT2D eigenvalue weighted by atomic mass is 32.2. The first-order valence-corrected chi connectivity index (χ1v) is 10.7. The summed E-state index contributed by atoms with van der Waals surface area (Å²) in [6.07, 6.45) is 0. The Morgan fingerprint density at radius 1 is 0.821 bits per heavy atom. The lowest BCUT2D eigenvalue weighted by atomic mass is 10.1. The zero-order valence-corrected chi connectivity index (χ0v) is 16.5. The minimum absolute atomic E-state index is 0.340. The van der Waals surface area contributed by atoms with E-state index in [2.05, 4.69) is 14.9 Å². The Hall–Kier alpha value is -2.77. The van der Waals surface area contributed by atoms with Crippen LogP contribution in [-0.4, -0.2) is 48.9 Å². The maximum atomic E-state index is 12.8. The van der Waals surface area contributed by atoms with E-state index in [9.17, 15) is 8.42 Å². The van der Waals surface area contributed by atoms with Crippen molar-refractivity contribution < 1.29 is 8.42 Å². The highest BCUT2D eigenvalue weighted by molar-refractivity contribution is 7.89. The van der Waals surface area contributed by atoms with E-state index in [0.717, 1.165) is 17.1 Å². The first-order chi connectivity index (χ1) is 13.5. The molecule has 0 unspecified atom stereocenters. The van der Waals surface area contributed by atoms with E-state index in [-0.39, 0.29) is 0 Å². The van der Waals surface area contributed by atoms with E-state index < -0.39 is 10.0 Å². The van der Waals surface area contributed by atoms with Crippen LogP contribution in [0.2, 0.25) is 0 Å². The zero-order chi connectivity index (χ0) is 19.6. The number of aryl methyl sites for hydroxylation is 1. The van der Waals surface area contributed by atoms with Gasteiger partial charge in [0.2, 0.25) is 10.0 Å². The van der Waals surface area contributed by atoms with Gasteiger partial charge in [-0.05, 0) is 19.1 Å². The first-order valence-electron chi connectivity index (χ1n) is 9.25. The number of nitrogens with zero attached hydrogens (tertiary/aromatic N) is 4. The van der Waals surface area contributed by atoms with Crippen molar-refractivity contribution >= 4 is 15.8 Å². The number of benzene rings is 2. The molecule has 1 aromatic heterocycles. The lowest BCUT2D eigenvalue weighted by Crippen LogP contribution is -2.49. The molecular weight excluding hydrogens is 372 g/mol. The number of hydrogen-bond donors (Lipinski definition) is 0. The summed E-state index contributed by atoms with van der Waals surface area (Å²) >= 11 is 0. The topological polar surface area (TPSA) is 66.4 Å². The van der Waals surface area contributed by atoms with E-state index in [0.29, 0.717) is 36.9 Å². The molecule has 6 nitrogen and oxygen atoms in total. The van der Waals surface area contributed by atoms with Crippen LogP contribution < -0.4 is 4.90 Å². The van der Waals surface area contributed by atoms with Crippen molar-refractivity contribution in [1.29, 1.82) is 0 Å². The molecule has 3 aromatic rings. The van der Waals surface area contributed by atoms with Crippen molar-refractivity contribution in [3.63, 3.8) is 0 Å². The molecule has 28 heavy (non-hydrogen) atoms. The van der Waals surface area contributed by atoms with Crippen molar-refractivity contribution in [1.82, 2.24) is 14.3 Å². The van der Waals surface area contributed by atoms with E-state index in [1.54, 1.807) is 28.6 Å². The summed E-state index contributed by atoms with van der Waals surface area (Å²) in [6.45, 7) is 3.93. The number of piperazine rings is 1. The second-order valence-electron chi connectivity index (χ2n) is 6.73. The van der Waals surface area contributed by atoms with Gasteiger partial charge >= 0.3 is 0 Å². The number of sulfonamides is 1. The Morgan fingerprint density at radius 3 is 2.07 bits per heavy atom. The molecule has 0 saturated carbocycles. The van der Waals surface area contributed by atoms with Crippen LogP contribution in [0.25, 0.3) is 11.3 Å². The minimum Gasteiger partial charge on any atom is -0.354 e. The first kappa shape index (κ1) is 18.6. The third-order valence-corrected chi connectivity index (χ3v) is 6.75. The number of aromatic nitrogens is 2. The maximum Gasteiger partial charge on any atom is 0.243 e. The van der Waals surface area contributed by atoms with Crippen molar-refractivity contribution in [3.8, 4) is 11.3 Å². The standard InChI is InChI=1S/C21H22N4O2S/c1-17-22-20(18-8-4-2-5-9-18)16-21(23-17)24-12-14-25(15-13-24)28(26,27)19-10-6-3-7-11-19/h2-11,16H,12-15H2,1H3. The quantitative estimate of drug-likeness (QED) is 0.681. The summed E-state index contributed by atoms with van der Waals surface area (Å²) in [5.74, 6) is 1.54. The summed E-state index contributed by atoms with van der Waals surface area (Å²) in [6, 6.07) is 20.6. The highest BCUT2D eigenvalue weighted by Gasteiger charge is 2.29. The van der Waals surface area contributed by atoms with Crippen molar-refractivity contribution in [2.24, 2.45) is 0 Å². The van der Waals surface area contributed by atoms with Gasteiger partial charge in [-0.15, -0.1) is 0 Å². The van der Waals surface area contributed by atoms with Gasteiger partial charge < -0.3 is 4.90 Å².